The summed E-state index contributed by atoms with van der Waals surface area (Å²) in [6.07, 6.45) is 3.53. The Bertz CT molecular complexity index is 1900. The lowest BCUT2D eigenvalue weighted by atomic mass is 10.1. The largest absolute Gasteiger partial charge is 0.462 e. The number of nitrogens with two attached hydrogens (primary N) is 1. The average Bonchev–Trinajstić information content (AvgIpc) is 3.14. The van der Waals surface area contributed by atoms with E-state index < -0.39 is 19.9 Å². The van der Waals surface area contributed by atoms with Gasteiger partial charge in [0.2, 0.25) is 11.9 Å². The number of aromatic nitrogens is 4. The highest BCUT2D eigenvalue weighted by molar-refractivity contribution is 6.99. The molecule has 4 aromatic rings. The summed E-state index contributed by atoms with van der Waals surface area (Å²) in [5, 5.41) is 2.13. The first-order valence-electron chi connectivity index (χ1n) is 18.6. The monoisotopic (exact) mass is 752 g/mol. The summed E-state index contributed by atoms with van der Waals surface area (Å²) in [4.78, 5) is 50.4. The van der Waals surface area contributed by atoms with Gasteiger partial charge in [-0.1, -0.05) is 81.4 Å². The smallest absolute Gasteiger partial charge is 0.410 e. The highest BCUT2D eigenvalue weighted by atomic mass is 28.4. The maximum Gasteiger partial charge on any atom is 0.410 e. The number of fused-ring (bicyclic) bond motifs is 1. The maximum absolute atomic E-state index is 12.8. The molecule has 286 valence electrons. The van der Waals surface area contributed by atoms with E-state index in [1.807, 2.05) is 39.1 Å². The van der Waals surface area contributed by atoms with Crippen molar-refractivity contribution in [2.75, 3.05) is 54.9 Å². The molecule has 6 rings (SSSR count). The zero-order valence-electron chi connectivity index (χ0n) is 32.4. The fraction of sp³-hybridized carbons (Fsp3) is 0.450. The van der Waals surface area contributed by atoms with Gasteiger partial charge >= 0.3 is 12.1 Å². The van der Waals surface area contributed by atoms with Gasteiger partial charge in [0.1, 0.15) is 17.0 Å². The number of benzene rings is 2. The van der Waals surface area contributed by atoms with Crippen LogP contribution in [0.15, 0.2) is 73.1 Å². The van der Waals surface area contributed by atoms with Crippen LogP contribution in [0, 0.1) is 0 Å². The Balaban J connectivity index is 1.32. The Labute approximate surface area is 319 Å². The number of carbonyl (C=O) groups is 2. The van der Waals surface area contributed by atoms with Gasteiger partial charge in [0.15, 0.2) is 0 Å². The van der Waals surface area contributed by atoms with E-state index in [-0.39, 0.29) is 35.2 Å². The molecule has 2 aliphatic rings. The molecule has 0 spiro atoms. The molecule has 0 bridgehead atoms. The highest BCUT2D eigenvalue weighted by Gasteiger charge is 2.51. The van der Waals surface area contributed by atoms with Crippen molar-refractivity contribution in [3.05, 3.63) is 89.9 Å². The summed E-state index contributed by atoms with van der Waals surface area (Å²) < 4.78 is 18.2. The van der Waals surface area contributed by atoms with Crippen molar-refractivity contribution < 1.29 is 23.5 Å². The Morgan fingerprint density at radius 1 is 0.870 bits per heavy atom. The number of amides is 1. The van der Waals surface area contributed by atoms with Crippen molar-refractivity contribution in [1.82, 2.24) is 24.8 Å². The molecule has 4 heterocycles. The van der Waals surface area contributed by atoms with E-state index in [9.17, 15) is 9.59 Å². The minimum atomic E-state index is -2.91. The van der Waals surface area contributed by atoms with Crippen LogP contribution in [0.1, 0.15) is 70.1 Å². The van der Waals surface area contributed by atoms with Crippen molar-refractivity contribution in [2.24, 2.45) is 0 Å². The molecular formula is C40H52N8O5Si. The van der Waals surface area contributed by atoms with Crippen LogP contribution < -0.4 is 25.9 Å². The molecule has 0 unspecified atom stereocenters. The van der Waals surface area contributed by atoms with Gasteiger partial charge in [-0.2, -0.15) is 4.98 Å². The molecule has 0 aliphatic carbocycles. The van der Waals surface area contributed by atoms with E-state index in [4.69, 9.17) is 29.6 Å². The van der Waals surface area contributed by atoms with Gasteiger partial charge in [-0.3, -0.25) is 0 Å². The number of rotatable bonds is 9. The summed E-state index contributed by atoms with van der Waals surface area (Å²) >= 11 is 0. The quantitative estimate of drug-likeness (QED) is 0.188. The molecule has 13 nitrogen and oxygen atoms in total. The molecule has 2 N–H and O–H groups in total. The maximum atomic E-state index is 12.8. The minimum Gasteiger partial charge on any atom is -0.462 e. The number of ether oxygens (including phenoxy) is 2. The van der Waals surface area contributed by atoms with Gasteiger partial charge in [0.25, 0.3) is 8.32 Å². The van der Waals surface area contributed by atoms with E-state index in [1.165, 1.54) is 16.6 Å². The predicted octanol–water partition coefficient (Wildman–Crippen LogP) is 4.59. The van der Waals surface area contributed by atoms with E-state index >= 15 is 0 Å². The molecule has 1 amide bonds. The van der Waals surface area contributed by atoms with Crippen molar-refractivity contribution in [3.63, 3.8) is 0 Å². The van der Waals surface area contributed by atoms with Gasteiger partial charge < -0.3 is 34.3 Å². The Hall–Kier alpha value is -5.08. The molecule has 1 fully saturated rings. The standard InChI is InChI=1S/C40H52N8O5Si/c1-8-51-35(49)32-24-43-37(45-34(32)41)48-22-21-46(36-42-23-28-25-47(20-19-33(28)44-36)38(50)53-39(2,3)4)26-29(48)27-52-54(40(5,6)7,30-15-11-9-12-16-30)31-17-13-10-14-18-31/h9-18,23-24,29H,8,19-22,25-27H2,1-7H3,(H2,41,43,45)/t29-/m1/s1. The normalized spacial score (nSPS) is 16.5. The van der Waals surface area contributed by atoms with Crippen molar-refractivity contribution in [2.45, 2.75) is 78.1 Å². The van der Waals surface area contributed by atoms with E-state index in [2.05, 4.69) is 89.1 Å². The number of hydrogen-bond donors (Lipinski definition) is 1. The van der Waals surface area contributed by atoms with Gasteiger partial charge in [-0.15, -0.1) is 0 Å². The lowest BCUT2D eigenvalue weighted by molar-refractivity contribution is 0.0222. The summed E-state index contributed by atoms with van der Waals surface area (Å²) in [5.74, 6) is 0.528. The van der Waals surface area contributed by atoms with Crippen LogP contribution in [0.4, 0.5) is 22.5 Å². The summed E-state index contributed by atoms with van der Waals surface area (Å²) in [6.45, 7) is 17.2. The second-order valence-corrected chi connectivity index (χ2v) is 20.1. The van der Waals surface area contributed by atoms with Gasteiger partial charge in [-0.05, 0) is 43.1 Å². The molecule has 54 heavy (non-hydrogen) atoms. The molecule has 2 aromatic heterocycles. The molecule has 2 aromatic carbocycles. The SMILES string of the molecule is CCOC(=O)c1cnc(N2CCN(c3ncc4c(n3)CCN(C(=O)OC(C)(C)C)C4)C[C@@H]2CO[Si](c2ccccc2)(c2ccccc2)C(C)(C)C)nc1N. The molecule has 2 aliphatic heterocycles. The van der Waals surface area contributed by atoms with Gasteiger partial charge in [0.05, 0.1) is 31.5 Å². The zero-order chi connectivity index (χ0) is 38.7. The second kappa shape index (κ2) is 15.7. The van der Waals surface area contributed by atoms with E-state index in [1.54, 1.807) is 11.8 Å². The third-order valence-electron chi connectivity index (χ3n) is 9.81. The first-order valence-corrected chi connectivity index (χ1v) is 20.5. The van der Waals surface area contributed by atoms with Crippen molar-refractivity contribution in [3.8, 4) is 0 Å². The lowest BCUT2D eigenvalue weighted by Gasteiger charge is -2.46. The number of nitrogens with zero attached hydrogens (tertiary/aromatic N) is 7. The van der Waals surface area contributed by atoms with E-state index in [0.29, 0.717) is 57.6 Å². The third kappa shape index (κ3) is 8.19. The van der Waals surface area contributed by atoms with Gasteiger partial charge in [0, 0.05) is 50.6 Å². The van der Waals surface area contributed by atoms with Crippen LogP contribution in [0.5, 0.6) is 0 Å². The number of carbonyl (C=O) groups excluding carboxylic acids is 2. The topological polar surface area (TPSA) is 149 Å². The van der Waals surface area contributed by atoms with Crippen LogP contribution >= 0.6 is 0 Å². The first kappa shape index (κ1) is 38.6. The van der Waals surface area contributed by atoms with E-state index in [0.717, 1.165) is 11.3 Å². The van der Waals surface area contributed by atoms with Crippen LogP contribution in [0.25, 0.3) is 0 Å². The molecule has 14 heteroatoms. The Kier molecular flexibility index (Phi) is 11.2. The van der Waals surface area contributed by atoms with Crippen LogP contribution in [0.3, 0.4) is 0 Å². The van der Waals surface area contributed by atoms with Gasteiger partial charge in [-0.25, -0.2) is 24.5 Å². The van der Waals surface area contributed by atoms with Crippen LogP contribution in [0.2, 0.25) is 5.04 Å². The second-order valence-electron chi connectivity index (χ2n) is 15.8. The molecule has 1 atom stereocenters. The number of anilines is 3. The number of piperazine rings is 1. The number of esters is 1. The lowest BCUT2D eigenvalue weighted by Crippen LogP contribution is -2.68. The molecule has 0 radical (unpaired) electrons. The number of hydrogen-bond acceptors (Lipinski definition) is 12. The first-order chi connectivity index (χ1) is 25.7. The number of nitrogen functional groups attached to an aromatic ring is 1. The fourth-order valence-electron chi connectivity index (χ4n) is 7.26. The average molecular weight is 753 g/mol. The summed E-state index contributed by atoms with van der Waals surface area (Å²) in [7, 11) is -2.91. The van der Waals surface area contributed by atoms with Crippen molar-refractivity contribution >= 4 is 48.5 Å². The highest BCUT2D eigenvalue weighted by Crippen LogP contribution is 2.37. The fourth-order valence-corrected chi connectivity index (χ4v) is 11.9. The zero-order valence-corrected chi connectivity index (χ0v) is 33.4. The Morgan fingerprint density at radius 2 is 1.52 bits per heavy atom. The molecular weight excluding hydrogens is 701 g/mol. The molecule has 0 saturated carbocycles. The predicted molar refractivity (Wildman–Crippen MR) is 212 cm³/mol. The van der Waals surface area contributed by atoms with Crippen LogP contribution in [-0.4, -0.2) is 96.3 Å². The Morgan fingerprint density at radius 3 is 2.11 bits per heavy atom. The summed E-state index contributed by atoms with van der Waals surface area (Å²) in [5.41, 5.74) is 7.72. The van der Waals surface area contributed by atoms with Crippen molar-refractivity contribution in [1.29, 1.82) is 0 Å². The minimum absolute atomic E-state index is 0.0611. The van der Waals surface area contributed by atoms with Crippen LogP contribution in [-0.2, 0) is 26.9 Å². The summed E-state index contributed by atoms with van der Waals surface area (Å²) in [6, 6.07) is 20.8. The third-order valence-corrected chi connectivity index (χ3v) is 14.8. The molecule has 1 saturated heterocycles.